The van der Waals surface area contributed by atoms with Gasteiger partial charge in [-0.15, -0.1) is 0 Å². The number of carbonyl (C=O) groups is 1. The van der Waals surface area contributed by atoms with Crippen LogP contribution in [0.25, 0.3) is 0 Å². The normalized spacial score (nSPS) is 16.7. The van der Waals surface area contributed by atoms with Crippen LogP contribution in [0, 0.1) is 0 Å². The average Bonchev–Trinajstić information content (AvgIpc) is 3.15. The molecule has 4 nitrogen and oxygen atoms in total. The van der Waals surface area contributed by atoms with E-state index in [-0.39, 0.29) is 5.91 Å². The predicted molar refractivity (Wildman–Crippen MR) is 82.0 cm³/mol. The summed E-state index contributed by atoms with van der Waals surface area (Å²) in [5.74, 6) is 0.615. The third-order valence-corrected chi connectivity index (χ3v) is 4.33. The Morgan fingerprint density at radius 1 is 1.38 bits per heavy atom. The molecule has 0 bridgehead atoms. The van der Waals surface area contributed by atoms with Crippen LogP contribution in [-0.2, 0) is 17.8 Å². The van der Waals surface area contributed by atoms with Gasteiger partial charge in [0.2, 0.25) is 5.91 Å². The van der Waals surface area contributed by atoms with Crippen molar-refractivity contribution in [1.82, 2.24) is 14.7 Å². The monoisotopic (exact) mass is 283 g/mol. The number of aromatic nitrogens is 2. The minimum Gasteiger partial charge on any atom is -0.344 e. The van der Waals surface area contributed by atoms with Gasteiger partial charge >= 0.3 is 0 Å². The number of rotatable bonds is 5. The van der Waals surface area contributed by atoms with Crippen LogP contribution in [0.5, 0.6) is 0 Å². The Bertz CT molecular complexity index is 606. The van der Waals surface area contributed by atoms with E-state index in [4.69, 9.17) is 0 Å². The van der Waals surface area contributed by atoms with Gasteiger partial charge in [-0.25, -0.2) is 0 Å². The molecule has 0 aliphatic heterocycles. The highest BCUT2D eigenvalue weighted by Gasteiger charge is 2.25. The van der Waals surface area contributed by atoms with E-state index in [1.807, 2.05) is 28.9 Å². The Morgan fingerprint density at radius 3 is 3.05 bits per heavy atom. The molecule has 110 valence electrons. The number of hydrogen-bond acceptors (Lipinski definition) is 2. The van der Waals surface area contributed by atoms with Gasteiger partial charge in [0.05, 0.1) is 6.54 Å². The molecule has 3 rings (SSSR count). The number of carbonyl (C=O) groups excluding carboxylic acids is 1. The van der Waals surface area contributed by atoms with Gasteiger partial charge in [0.25, 0.3) is 0 Å². The minimum atomic E-state index is 0.226. The van der Waals surface area contributed by atoms with Crippen LogP contribution in [0.1, 0.15) is 29.9 Å². The summed E-state index contributed by atoms with van der Waals surface area (Å²) in [6, 6.07) is 10.4. The summed E-state index contributed by atoms with van der Waals surface area (Å²) in [6.07, 6.45) is 6.50. The van der Waals surface area contributed by atoms with Crippen LogP contribution in [0.2, 0.25) is 0 Å². The van der Waals surface area contributed by atoms with Crippen molar-refractivity contribution in [3.63, 3.8) is 0 Å². The van der Waals surface area contributed by atoms with Crippen molar-refractivity contribution in [2.75, 3.05) is 13.6 Å². The number of fused-ring (bicyclic) bond motifs is 1. The lowest BCUT2D eigenvalue weighted by molar-refractivity contribution is -0.130. The second kappa shape index (κ2) is 6.12. The van der Waals surface area contributed by atoms with E-state index < -0.39 is 0 Å². The molecule has 1 aliphatic carbocycles. The molecular formula is C17H21N3O. The third-order valence-electron chi connectivity index (χ3n) is 4.33. The van der Waals surface area contributed by atoms with Gasteiger partial charge in [-0.05, 0) is 36.0 Å². The maximum atomic E-state index is 12.4. The standard InChI is InChI=1S/C17H21N3O/c1-19(11-12-20-10-4-9-18-20)17(21)13-15-8-7-14-5-2-3-6-16(14)15/h2-6,9-10,15H,7-8,11-13H2,1H3. The molecule has 1 aliphatic rings. The van der Waals surface area contributed by atoms with Gasteiger partial charge in [-0.3, -0.25) is 9.48 Å². The fourth-order valence-corrected chi connectivity index (χ4v) is 3.03. The number of aryl methyl sites for hydroxylation is 1. The minimum absolute atomic E-state index is 0.226. The molecule has 21 heavy (non-hydrogen) atoms. The van der Waals surface area contributed by atoms with Crippen LogP contribution in [-0.4, -0.2) is 34.2 Å². The molecule has 0 fully saturated rings. The summed E-state index contributed by atoms with van der Waals surface area (Å²) in [5.41, 5.74) is 2.78. The first-order chi connectivity index (χ1) is 10.2. The molecule has 1 unspecified atom stereocenters. The maximum absolute atomic E-state index is 12.4. The quantitative estimate of drug-likeness (QED) is 0.845. The van der Waals surface area contributed by atoms with E-state index in [2.05, 4.69) is 29.4 Å². The molecule has 0 N–H and O–H groups in total. The van der Waals surface area contributed by atoms with Gasteiger partial charge in [-0.2, -0.15) is 5.10 Å². The average molecular weight is 283 g/mol. The Labute approximate surface area is 125 Å². The molecular weight excluding hydrogens is 262 g/mol. The Balaban J connectivity index is 1.54. The van der Waals surface area contributed by atoms with E-state index in [0.29, 0.717) is 18.9 Å². The first kappa shape index (κ1) is 13.9. The lowest BCUT2D eigenvalue weighted by Crippen LogP contribution is -2.31. The lowest BCUT2D eigenvalue weighted by Gasteiger charge is -2.20. The summed E-state index contributed by atoms with van der Waals surface area (Å²) in [6.45, 7) is 1.45. The zero-order valence-corrected chi connectivity index (χ0v) is 12.4. The summed E-state index contributed by atoms with van der Waals surface area (Å²) < 4.78 is 1.86. The molecule has 1 heterocycles. The van der Waals surface area contributed by atoms with Crippen molar-refractivity contribution < 1.29 is 4.79 Å². The van der Waals surface area contributed by atoms with Gasteiger partial charge in [0.1, 0.15) is 0 Å². The number of amides is 1. The van der Waals surface area contributed by atoms with E-state index in [0.717, 1.165) is 19.4 Å². The fourth-order valence-electron chi connectivity index (χ4n) is 3.03. The highest BCUT2D eigenvalue weighted by Crippen LogP contribution is 2.35. The number of hydrogen-bond donors (Lipinski definition) is 0. The van der Waals surface area contributed by atoms with Crippen molar-refractivity contribution >= 4 is 5.91 Å². The van der Waals surface area contributed by atoms with E-state index in [1.165, 1.54) is 11.1 Å². The Hall–Kier alpha value is -2.10. The molecule has 0 radical (unpaired) electrons. The van der Waals surface area contributed by atoms with Crippen LogP contribution in [0.3, 0.4) is 0 Å². The first-order valence-corrected chi connectivity index (χ1v) is 7.53. The molecule has 0 spiro atoms. The topological polar surface area (TPSA) is 38.1 Å². The van der Waals surface area contributed by atoms with Crippen LogP contribution < -0.4 is 0 Å². The predicted octanol–water partition coefficient (Wildman–Crippen LogP) is 2.46. The van der Waals surface area contributed by atoms with Crippen molar-refractivity contribution in [2.45, 2.75) is 31.7 Å². The van der Waals surface area contributed by atoms with Crippen LogP contribution >= 0.6 is 0 Å². The molecule has 1 aromatic heterocycles. The van der Waals surface area contributed by atoms with Crippen molar-refractivity contribution in [2.24, 2.45) is 0 Å². The Kier molecular flexibility index (Phi) is 4.04. The fraction of sp³-hybridized carbons (Fsp3) is 0.412. The zero-order valence-electron chi connectivity index (χ0n) is 12.4. The SMILES string of the molecule is CN(CCn1cccn1)C(=O)CC1CCc2ccccc21. The zero-order chi connectivity index (χ0) is 14.7. The summed E-state index contributed by atoms with van der Waals surface area (Å²) in [5, 5.41) is 4.16. The van der Waals surface area contributed by atoms with Crippen molar-refractivity contribution in [3.05, 3.63) is 53.9 Å². The molecule has 1 aromatic carbocycles. The van der Waals surface area contributed by atoms with Crippen molar-refractivity contribution in [1.29, 1.82) is 0 Å². The summed E-state index contributed by atoms with van der Waals surface area (Å²) >= 11 is 0. The molecule has 0 saturated heterocycles. The molecule has 1 atom stereocenters. The molecule has 4 heteroatoms. The van der Waals surface area contributed by atoms with E-state index >= 15 is 0 Å². The number of likely N-dealkylation sites (N-methyl/N-ethyl adjacent to an activating group) is 1. The van der Waals surface area contributed by atoms with Gasteiger partial charge in [-0.1, -0.05) is 24.3 Å². The lowest BCUT2D eigenvalue weighted by atomic mass is 9.97. The van der Waals surface area contributed by atoms with Crippen LogP contribution in [0.4, 0.5) is 0 Å². The van der Waals surface area contributed by atoms with E-state index in [9.17, 15) is 4.79 Å². The van der Waals surface area contributed by atoms with Gasteiger partial charge in [0, 0.05) is 32.4 Å². The maximum Gasteiger partial charge on any atom is 0.222 e. The molecule has 2 aromatic rings. The number of benzene rings is 1. The Morgan fingerprint density at radius 2 is 2.24 bits per heavy atom. The van der Waals surface area contributed by atoms with Crippen molar-refractivity contribution in [3.8, 4) is 0 Å². The second-order valence-electron chi connectivity index (χ2n) is 5.72. The van der Waals surface area contributed by atoms with Gasteiger partial charge < -0.3 is 4.90 Å². The highest BCUT2D eigenvalue weighted by molar-refractivity contribution is 5.77. The van der Waals surface area contributed by atoms with E-state index in [1.54, 1.807) is 6.20 Å². The van der Waals surface area contributed by atoms with Gasteiger partial charge in [0.15, 0.2) is 0 Å². The second-order valence-corrected chi connectivity index (χ2v) is 5.72. The third kappa shape index (κ3) is 3.15. The smallest absolute Gasteiger partial charge is 0.222 e. The summed E-state index contributed by atoms with van der Waals surface area (Å²) in [4.78, 5) is 14.2. The van der Waals surface area contributed by atoms with Crippen LogP contribution in [0.15, 0.2) is 42.7 Å². The molecule has 1 amide bonds. The highest BCUT2D eigenvalue weighted by atomic mass is 16.2. The summed E-state index contributed by atoms with van der Waals surface area (Å²) in [7, 11) is 1.88. The largest absolute Gasteiger partial charge is 0.344 e. The first-order valence-electron chi connectivity index (χ1n) is 7.53. The molecule has 0 saturated carbocycles. The number of nitrogens with zero attached hydrogens (tertiary/aromatic N) is 3.